The lowest BCUT2D eigenvalue weighted by molar-refractivity contribution is -0.141. The van der Waals surface area contributed by atoms with E-state index in [1.165, 1.54) is 6.42 Å². The summed E-state index contributed by atoms with van der Waals surface area (Å²) in [7, 11) is 1.63. The molecule has 0 bridgehead atoms. The van der Waals surface area contributed by atoms with Gasteiger partial charge in [-0.15, -0.1) is 0 Å². The van der Waals surface area contributed by atoms with E-state index in [1.807, 2.05) is 53.4 Å². The van der Waals surface area contributed by atoms with Crippen LogP contribution in [0.2, 0.25) is 0 Å². The summed E-state index contributed by atoms with van der Waals surface area (Å²) < 4.78 is 5.44. The highest BCUT2D eigenvalue weighted by molar-refractivity contribution is 6.02. The van der Waals surface area contributed by atoms with Gasteiger partial charge in [0.2, 0.25) is 11.8 Å². The van der Waals surface area contributed by atoms with Crippen molar-refractivity contribution in [2.24, 2.45) is 11.1 Å². The second-order valence-electron chi connectivity index (χ2n) is 13.6. The normalized spacial score (nSPS) is 23.2. The first-order valence-corrected chi connectivity index (χ1v) is 16.0. The van der Waals surface area contributed by atoms with E-state index in [2.05, 4.69) is 29.0 Å². The molecule has 0 radical (unpaired) electrons. The minimum absolute atomic E-state index is 0.0253. The Morgan fingerprint density at radius 1 is 0.955 bits per heavy atom. The maximum absolute atomic E-state index is 14.2. The van der Waals surface area contributed by atoms with Crippen molar-refractivity contribution in [3.05, 3.63) is 65.4 Å². The van der Waals surface area contributed by atoms with Crippen LogP contribution >= 0.6 is 0 Å². The molecule has 2 fully saturated rings. The van der Waals surface area contributed by atoms with Gasteiger partial charge in [-0.25, -0.2) is 0 Å². The Morgan fingerprint density at radius 3 is 2.30 bits per heavy atom. The minimum atomic E-state index is -0.691. The molecule has 3 N–H and O–H groups in total. The molecule has 2 saturated heterocycles. The number of ketones is 1. The summed E-state index contributed by atoms with van der Waals surface area (Å²) in [6.45, 7) is 7.05. The van der Waals surface area contributed by atoms with Crippen LogP contribution in [0.4, 0.5) is 11.4 Å². The van der Waals surface area contributed by atoms with E-state index < -0.39 is 11.6 Å². The SMILES string of the molecule is COc1ccc(C2C3=C(CC(C)(C)CC3=O)Nc3ccccc3N2CC(=O)N2CCC(C(N)=O)(N3CCCCC3)CC2)cc1. The van der Waals surface area contributed by atoms with Crippen molar-refractivity contribution in [3.63, 3.8) is 0 Å². The number of nitrogens with two attached hydrogens (primary N) is 1. The second kappa shape index (κ2) is 11.9. The monoisotopic (exact) mass is 599 g/mol. The van der Waals surface area contributed by atoms with E-state index in [0.717, 1.165) is 66.3 Å². The number of allylic oxidation sites excluding steroid dienone is 1. The van der Waals surface area contributed by atoms with Crippen molar-refractivity contribution in [3.8, 4) is 5.75 Å². The highest BCUT2D eigenvalue weighted by Gasteiger charge is 2.47. The van der Waals surface area contributed by atoms with Crippen LogP contribution in [0.5, 0.6) is 5.75 Å². The molecule has 0 spiro atoms. The summed E-state index contributed by atoms with van der Waals surface area (Å²) in [5, 5.41) is 3.62. The lowest BCUT2D eigenvalue weighted by Crippen LogP contribution is -2.64. The van der Waals surface area contributed by atoms with Crippen LogP contribution in [0.15, 0.2) is 59.8 Å². The Balaban J connectivity index is 1.34. The lowest BCUT2D eigenvalue weighted by atomic mass is 9.73. The average molecular weight is 600 g/mol. The molecule has 9 heteroatoms. The first kappa shape index (κ1) is 30.2. The molecular formula is C35H45N5O4. The fourth-order valence-corrected chi connectivity index (χ4v) is 7.77. The first-order chi connectivity index (χ1) is 21.1. The van der Waals surface area contributed by atoms with Crippen LogP contribution in [0.1, 0.15) is 70.4 Å². The van der Waals surface area contributed by atoms with Gasteiger partial charge in [-0.05, 0) is 80.4 Å². The fraction of sp³-hybridized carbons (Fsp3) is 0.514. The number of nitrogens with one attached hydrogen (secondary N) is 1. The Hall–Kier alpha value is -3.85. The van der Waals surface area contributed by atoms with Gasteiger partial charge in [0, 0.05) is 30.8 Å². The van der Waals surface area contributed by atoms with Crippen LogP contribution in [0.25, 0.3) is 0 Å². The predicted octanol–water partition coefficient (Wildman–Crippen LogP) is 4.64. The molecule has 4 aliphatic rings. The zero-order chi connectivity index (χ0) is 31.1. The third kappa shape index (κ3) is 5.58. The number of rotatable bonds is 6. The Labute approximate surface area is 260 Å². The van der Waals surface area contributed by atoms with Crippen molar-refractivity contribution in [1.82, 2.24) is 9.80 Å². The van der Waals surface area contributed by atoms with Crippen molar-refractivity contribution >= 4 is 29.0 Å². The minimum Gasteiger partial charge on any atom is -0.497 e. The molecule has 1 unspecified atom stereocenters. The molecule has 1 atom stereocenters. The van der Waals surface area contributed by atoms with E-state index in [-0.39, 0.29) is 29.6 Å². The number of piperidine rings is 2. The summed E-state index contributed by atoms with van der Waals surface area (Å²) in [6.07, 6.45) is 5.57. The molecule has 2 amide bonds. The van der Waals surface area contributed by atoms with Gasteiger partial charge in [0.05, 0.1) is 31.1 Å². The number of hydrogen-bond acceptors (Lipinski definition) is 7. The summed E-state index contributed by atoms with van der Waals surface area (Å²) >= 11 is 0. The summed E-state index contributed by atoms with van der Waals surface area (Å²) in [5.74, 6) is 0.522. The summed E-state index contributed by atoms with van der Waals surface area (Å²) in [6, 6.07) is 15.3. The third-order valence-electron chi connectivity index (χ3n) is 10.1. The maximum atomic E-state index is 14.2. The van der Waals surface area contributed by atoms with Gasteiger partial charge >= 0.3 is 0 Å². The van der Waals surface area contributed by atoms with Gasteiger partial charge in [0.15, 0.2) is 5.78 Å². The van der Waals surface area contributed by atoms with E-state index in [0.29, 0.717) is 32.4 Å². The highest BCUT2D eigenvalue weighted by atomic mass is 16.5. The number of carbonyl (C=O) groups is 3. The topological polar surface area (TPSA) is 108 Å². The number of para-hydroxylation sites is 2. The molecule has 2 aromatic carbocycles. The molecule has 0 aromatic heterocycles. The van der Waals surface area contributed by atoms with Crippen LogP contribution in [0, 0.1) is 5.41 Å². The van der Waals surface area contributed by atoms with Crippen molar-refractivity contribution in [2.45, 2.75) is 70.4 Å². The van der Waals surface area contributed by atoms with E-state index in [4.69, 9.17) is 10.5 Å². The number of methoxy groups -OCH3 is 1. The molecule has 6 rings (SSSR count). The Kier molecular flexibility index (Phi) is 8.18. The predicted molar refractivity (Wildman–Crippen MR) is 171 cm³/mol. The number of benzene rings is 2. The number of fused-ring (bicyclic) bond motifs is 1. The fourth-order valence-electron chi connectivity index (χ4n) is 7.77. The van der Waals surface area contributed by atoms with Gasteiger partial charge in [-0.1, -0.05) is 44.5 Å². The average Bonchev–Trinajstić information content (AvgIpc) is 3.15. The van der Waals surface area contributed by atoms with Gasteiger partial charge in [-0.3, -0.25) is 19.3 Å². The smallest absolute Gasteiger partial charge is 0.242 e. The van der Waals surface area contributed by atoms with Crippen molar-refractivity contribution in [2.75, 3.05) is 50.1 Å². The maximum Gasteiger partial charge on any atom is 0.242 e. The molecule has 0 saturated carbocycles. The lowest BCUT2D eigenvalue weighted by Gasteiger charge is -2.48. The zero-order valence-electron chi connectivity index (χ0n) is 26.2. The van der Waals surface area contributed by atoms with E-state index >= 15 is 0 Å². The quantitative estimate of drug-likeness (QED) is 0.498. The first-order valence-electron chi connectivity index (χ1n) is 16.0. The van der Waals surface area contributed by atoms with Gasteiger partial charge in [0.1, 0.15) is 11.3 Å². The van der Waals surface area contributed by atoms with Crippen LogP contribution in [0.3, 0.4) is 0 Å². The van der Waals surface area contributed by atoms with Gasteiger partial charge in [0.25, 0.3) is 0 Å². The number of likely N-dealkylation sites (tertiary alicyclic amines) is 2. The molecule has 44 heavy (non-hydrogen) atoms. The number of carbonyl (C=O) groups excluding carboxylic acids is 3. The number of anilines is 2. The molecule has 9 nitrogen and oxygen atoms in total. The molecule has 3 heterocycles. The zero-order valence-corrected chi connectivity index (χ0v) is 26.2. The number of hydrogen-bond donors (Lipinski definition) is 2. The molecule has 3 aliphatic heterocycles. The van der Waals surface area contributed by atoms with Crippen LogP contribution in [-0.4, -0.2) is 72.8 Å². The molecule has 2 aromatic rings. The third-order valence-corrected chi connectivity index (χ3v) is 10.1. The highest BCUT2D eigenvalue weighted by Crippen LogP contribution is 2.48. The molecule has 1 aliphatic carbocycles. The number of Topliss-reactive ketones (excluding diaryl/α,β-unsaturated/α-hetero) is 1. The second-order valence-corrected chi connectivity index (χ2v) is 13.6. The standard InChI is InChI=1S/C35H45N5O4/c1-34(2)21-27-31(29(41)22-34)32(24-11-13-25(44-3)14-12-24)40(28-10-6-5-9-26(28)37-27)23-30(42)38-19-15-35(16-20-38,33(36)43)39-17-7-4-8-18-39/h5-6,9-14,32,37H,4,7-8,15-23H2,1-3H3,(H2,36,43). The van der Waals surface area contributed by atoms with Crippen LogP contribution < -0.4 is 20.7 Å². The Morgan fingerprint density at radius 2 is 1.64 bits per heavy atom. The number of nitrogens with zero attached hydrogens (tertiary/aromatic N) is 3. The van der Waals surface area contributed by atoms with E-state index in [9.17, 15) is 14.4 Å². The Bertz CT molecular complexity index is 1450. The van der Waals surface area contributed by atoms with Crippen molar-refractivity contribution in [1.29, 1.82) is 0 Å². The number of primary amides is 1. The number of ether oxygens (including phenoxy) is 1. The number of amides is 2. The van der Waals surface area contributed by atoms with Gasteiger partial charge in [-0.2, -0.15) is 0 Å². The summed E-state index contributed by atoms with van der Waals surface area (Å²) in [4.78, 5) is 47.2. The molecular weight excluding hydrogens is 554 g/mol. The summed E-state index contributed by atoms with van der Waals surface area (Å²) in [5.41, 5.74) is 9.47. The largest absolute Gasteiger partial charge is 0.497 e. The van der Waals surface area contributed by atoms with Gasteiger partial charge < -0.3 is 25.6 Å². The van der Waals surface area contributed by atoms with E-state index in [1.54, 1.807) is 7.11 Å². The van der Waals surface area contributed by atoms with Crippen LogP contribution in [-0.2, 0) is 14.4 Å². The molecule has 234 valence electrons. The van der Waals surface area contributed by atoms with Crippen molar-refractivity contribution < 1.29 is 19.1 Å².